The standard InChI is InChI=1S/C9H9F3S.C2H6/c1-2-7-5-3-4-6-8(7)13-9(10,11)12;1-2/h3-6H,2H2,1H3;1-2H3. The Hall–Kier alpha value is -0.640. The normalized spacial score (nSPS) is 10.5. The van der Waals surface area contributed by atoms with Crippen molar-refractivity contribution in [3.63, 3.8) is 0 Å². The van der Waals surface area contributed by atoms with Gasteiger partial charge in [-0.1, -0.05) is 39.0 Å². The highest BCUT2D eigenvalue weighted by atomic mass is 32.2. The third-order valence-corrected chi connectivity index (χ3v) is 2.43. The van der Waals surface area contributed by atoms with Crippen molar-refractivity contribution in [3.05, 3.63) is 29.8 Å². The molecule has 0 saturated carbocycles. The summed E-state index contributed by atoms with van der Waals surface area (Å²) in [5, 5.41) is 0. The molecule has 0 aliphatic rings. The SMILES string of the molecule is CC.CCc1ccccc1SC(F)(F)F. The quantitative estimate of drug-likeness (QED) is 0.659. The molecule has 0 fully saturated rings. The summed E-state index contributed by atoms with van der Waals surface area (Å²) < 4.78 is 36.1. The lowest BCUT2D eigenvalue weighted by molar-refractivity contribution is -0.0328. The number of benzene rings is 1. The lowest BCUT2D eigenvalue weighted by atomic mass is 10.2. The zero-order valence-corrected chi connectivity index (χ0v) is 9.88. The largest absolute Gasteiger partial charge is 0.446 e. The van der Waals surface area contributed by atoms with Gasteiger partial charge in [-0.15, -0.1) is 0 Å². The van der Waals surface area contributed by atoms with E-state index >= 15 is 0 Å². The maximum atomic E-state index is 12.0. The summed E-state index contributed by atoms with van der Waals surface area (Å²) in [7, 11) is 0. The molecule has 0 radical (unpaired) electrons. The van der Waals surface area contributed by atoms with E-state index in [0.29, 0.717) is 11.3 Å². The van der Waals surface area contributed by atoms with Gasteiger partial charge in [-0.05, 0) is 29.8 Å². The van der Waals surface area contributed by atoms with Crippen LogP contribution in [0.15, 0.2) is 29.2 Å². The maximum absolute atomic E-state index is 12.0. The van der Waals surface area contributed by atoms with Crippen LogP contribution in [-0.4, -0.2) is 5.51 Å². The minimum absolute atomic E-state index is 0.0481. The van der Waals surface area contributed by atoms with Crippen LogP contribution in [0.5, 0.6) is 0 Å². The summed E-state index contributed by atoms with van der Waals surface area (Å²) in [6.45, 7) is 5.84. The molecule has 0 nitrogen and oxygen atoms in total. The summed E-state index contributed by atoms with van der Waals surface area (Å²) in [5.41, 5.74) is -3.45. The van der Waals surface area contributed by atoms with E-state index in [4.69, 9.17) is 0 Å². The van der Waals surface area contributed by atoms with Gasteiger partial charge in [0.2, 0.25) is 0 Å². The number of hydrogen-bond donors (Lipinski definition) is 0. The molecule has 0 aliphatic carbocycles. The van der Waals surface area contributed by atoms with Crippen LogP contribution < -0.4 is 0 Å². The molecule has 0 saturated heterocycles. The molecule has 0 bridgehead atoms. The predicted octanol–water partition coefficient (Wildman–Crippen LogP) is 4.89. The summed E-state index contributed by atoms with van der Waals surface area (Å²) >= 11 is -0.0481. The molecule has 0 N–H and O–H groups in total. The van der Waals surface area contributed by atoms with Crippen molar-refractivity contribution in [2.75, 3.05) is 0 Å². The molecule has 86 valence electrons. The second-order valence-corrected chi connectivity index (χ2v) is 3.62. The van der Waals surface area contributed by atoms with Crippen LogP contribution in [0.3, 0.4) is 0 Å². The van der Waals surface area contributed by atoms with Gasteiger partial charge in [-0.25, -0.2) is 0 Å². The summed E-state index contributed by atoms with van der Waals surface area (Å²) in [4.78, 5) is 0.303. The molecular weight excluding hydrogens is 221 g/mol. The Balaban J connectivity index is 0.000000921. The molecule has 1 aromatic rings. The Morgan fingerprint density at radius 1 is 1.13 bits per heavy atom. The Labute approximate surface area is 92.9 Å². The maximum Gasteiger partial charge on any atom is 0.446 e. The second-order valence-electron chi connectivity index (χ2n) is 2.51. The van der Waals surface area contributed by atoms with Crippen LogP contribution in [0, 0.1) is 0 Å². The molecule has 0 amide bonds. The zero-order valence-electron chi connectivity index (χ0n) is 9.06. The number of halogens is 3. The summed E-state index contributed by atoms with van der Waals surface area (Å²) in [6.07, 6.45) is 0.624. The number of thioether (sulfide) groups is 1. The lowest BCUT2D eigenvalue weighted by Crippen LogP contribution is -2.00. The van der Waals surface area contributed by atoms with E-state index < -0.39 is 5.51 Å². The number of aryl methyl sites for hydroxylation is 1. The van der Waals surface area contributed by atoms with E-state index in [-0.39, 0.29) is 11.8 Å². The molecule has 0 aliphatic heterocycles. The predicted molar refractivity (Wildman–Crippen MR) is 59.1 cm³/mol. The lowest BCUT2D eigenvalue weighted by Gasteiger charge is -2.08. The van der Waals surface area contributed by atoms with Gasteiger partial charge < -0.3 is 0 Å². The van der Waals surface area contributed by atoms with E-state index in [1.807, 2.05) is 20.8 Å². The van der Waals surface area contributed by atoms with Gasteiger partial charge in [0, 0.05) is 4.90 Å². The minimum Gasteiger partial charge on any atom is -0.160 e. The molecule has 4 heteroatoms. The topological polar surface area (TPSA) is 0 Å². The van der Waals surface area contributed by atoms with E-state index in [0.717, 1.165) is 5.56 Å². The van der Waals surface area contributed by atoms with Gasteiger partial charge in [-0.2, -0.15) is 13.2 Å². The first-order valence-corrected chi connectivity index (χ1v) is 5.68. The van der Waals surface area contributed by atoms with Crippen LogP contribution in [-0.2, 0) is 6.42 Å². The van der Waals surface area contributed by atoms with Crippen molar-refractivity contribution in [3.8, 4) is 0 Å². The smallest absolute Gasteiger partial charge is 0.160 e. The van der Waals surface area contributed by atoms with Crippen LogP contribution in [0.25, 0.3) is 0 Å². The van der Waals surface area contributed by atoms with Crippen molar-refractivity contribution in [1.82, 2.24) is 0 Å². The molecule has 0 atom stereocenters. The van der Waals surface area contributed by atoms with Crippen molar-refractivity contribution in [2.45, 2.75) is 37.6 Å². The third-order valence-electron chi connectivity index (χ3n) is 1.58. The van der Waals surface area contributed by atoms with Gasteiger partial charge in [0.1, 0.15) is 0 Å². The Morgan fingerprint density at radius 2 is 1.67 bits per heavy atom. The molecule has 0 aromatic heterocycles. The fourth-order valence-corrected chi connectivity index (χ4v) is 1.76. The van der Waals surface area contributed by atoms with Crippen molar-refractivity contribution < 1.29 is 13.2 Å². The first-order chi connectivity index (χ1) is 7.03. The van der Waals surface area contributed by atoms with E-state index in [1.165, 1.54) is 6.07 Å². The fraction of sp³-hybridized carbons (Fsp3) is 0.455. The highest BCUT2D eigenvalue weighted by molar-refractivity contribution is 8.00. The molecule has 0 unspecified atom stereocenters. The molecular formula is C11H15F3S. The fourth-order valence-electron chi connectivity index (χ4n) is 1.02. The Morgan fingerprint density at radius 3 is 2.13 bits per heavy atom. The van der Waals surface area contributed by atoms with Gasteiger partial charge in [0.15, 0.2) is 0 Å². The number of hydrogen-bond acceptors (Lipinski definition) is 1. The van der Waals surface area contributed by atoms with E-state index in [2.05, 4.69) is 0 Å². The molecule has 0 heterocycles. The van der Waals surface area contributed by atoms with Crippen LogP contribution in [0.4, 0.5) is 13.2 Å². The molecule has 15 heavy (non-hydrogen) atoms. The number of alkyl halides is 3. The second kappa shape index (κ2) is 6.77. The van der Waals surface area contributed by atoms with Crippen LogP contribution in [0.1, 0.15) is 26.3 Å². The monoisotopic (exact) mass is 236 g/mol. The Bertz CT molecular complexity index is 281. The first-order valence-electron chi connectivity index (χ1n) is 4.86. The van der Waals surface area contributed by atoms with Crippen molar-refractivity contribution >= 4 is 11.8 Å². The average Bonchev–Trinajstić information content (AvgIpc) is 2.19. The summed E-state index contributed by atoms with van der Waals surface area (Å²) in [5.74, 6) is 0. The third kappa shape index (κ3) is 5.72. The number of rotatable bonds is 2. The van der Waals surface area contributed by atoms with Crippen molar-refractivity contribution in [1.29, 1.82) is 0 Å². The van der Waals surface area contributed by atoms with E-state index in [9.17, 15) is 13.2 Å². The van der Waals surface area contributed by atoms with Gasteiger partial charge in [-0.3, -0.25) is 0 Å². The van der Waals surface area contributed by atoms with Gasteiger partial charge in [0.25, 0.3) is 0 Å². The average molecular weight is 236 g/mol. The van der Waals surface area contributed by atoms with Gasteiger partial charge in [0.05, 0.1) is 0 Å². The zero-order chi connectivity index (χ0) is 11.9. The molecule has 0 spiro atoms. The van der Waals surface area contributed by atoms with Gasteiger partial charge >= 0.3 is 5.51 Å². The Kier molecular flexibility index (Phi) is 6.48. The summed E-state index contributed by atoms with van der Waals surface area (Å²) in [6, 6.07) is 6.58. The molecule has 1 rings (SSSR count). The molecule has 1 aromatic carbocycles. The van der Waals surface area contributed by atoms with Crippen molar-refractivity contribution in [2.24, 2.45) is 0 Å². The van der Waals surface area contributed by atoms with Crippen LogP contribution >= 0.6 is 11.8 Å². The first kappa shape index (κ1) is 14.4. The van der Waals surface area contributed by atoms with Crippen LogP contribution in [0.2, 0.25) is 0 Å². The minimum atomic E-state index is -4.19. The highest BCUT2D eigenvalue weighted by Gasteiger charge is 2.29. The highest BCUT2D eigenvalue weighted by Crippen LogP contribution is 2.38. The van der Waals surface area contributed by atoms with E-state index in [1.54, 1.807) is 18.2 Å².